The van der Waals surface area contributed by atoms with Gasteiger partial charge in [0.1, 0.15) is 5.82 Å². The van der Waals surface area contributed by atoms with Crippen LogP contribution in [0.2, 0.25) is 0 Å². The second-order valence-electron chi connectivity index (χ2n) is 7.01. The maximum absolute atomic E-state index is 12.9. The number of piperazine rings is 1. The summed E-state index contributed by atoms with van der Waals surface area (Å²) in [5, 5.41) is 2.48. The fourth-order valence-electron chi connectivity index (χ4n) is 3.23. The van der Waals surface area contributed by atoms with Crippen molar-refractivity contribution in [3.05, 3.63) is 65.5 Å². The number of nitrogens with zero attached hydrogens (tertiary/aromatic N) is 2. The first-order chi connectivity index (χ1) is 14.6. The van der Waals surface area contributed by atoms with Crippen LogP contribution < -0.4 is 10.2 Å². The van der Waals surface area contributed by atoms with E-state index >= 15 is 0 Å². The van der Waals surface area contributed by atoms with Gasteiger partial charge in [-0.1, -0.05) is 6.07 Å². The van der Waals surface area contributed by atoms with Gasteiger partial charge in [-0.3, -0.25) is 4.79 Å². The first-order valence-electron chi connectivity index (χ1n) is 9.50. The summed E-state index contributed by atoms with van der Waals surface area (Å²) in [5.74, 6) is -1.31. The van der Waals surface area contributed by atoms with Crippen LogP contribution in [0.15, 0.2) is 48.5 Å². The molecule has 3 rings (SSSR count). The van der Waals surface area contributed by atoms with Crippen LogP contribution in [0.5, 0.6) is 0 Å². The molecule has 1 amide bonds. The molecule has 2 aromatic rings. The summed E-state index contributed by atoms with van der Waals surface area (Å²) in [7, 11) is -3.65. The van der Waals surface area contributed by atoms with Crippen molar-refractivity contribution in [2.45, 2.75) is 6.18 Å². The molecular formula is C20H21F4N3O3S. The molecule has 168 valence electrons. The van der Waals surface area contributed by atoms with Crippen molar-refractivity contribution >= 4 is 21.6 Å². The van der Waals surface area contributed by atoms with Gasteiger partial charge in [-0.15, -0.1) is 0 Å². The van der Waals surface area contributed by atoms with Gasteiger partial charge in [-0.25, -0.2) is 12.8 Å². The van der Waals surface area contributed by atoms with E-state index in [4.69, 9.17) is 0 Å². The number of hydrogen-bond acceptors (Lipinski definition) is 4. The first-order valence-corrected chi connectivity index (χ1v) is 11.1. The van der Waals surface area contributed by atoms with E-state index in [2.05, 4.69) is 5.32 Å². The summed E-state index contributed by atoms with van der Waals surface area (Å²) >= 11 is 0. The lowest BCUT2D eigenvalue weighted by Gasteiger charge is -2.35. The largest absolute Gasteiger partial charge is 0.416 e. The highest BCUT2D eigenvalue weighted by Crippen LogP contribution is 2.32. The van der Waals surface area contributed by atoms with Crippen molar-refractivity contribution in [3.63, 3.8) is 0 Å². The molecule has 1 aliphatic rings. The summed E-state index contributed by atoms with van der Waals surface area (Å²) in [6.07, 6.45) is -4.44. The predicted molar refractivity (Wildman–Crippen MR) is 108 cm³/mol. The van der Waals surface area contributed by atoms with Crippen molar-refractivity contribution in [2.24, 2.45) is 0 Å². The minimum atomic E-state index is -4.44. The average Bonchev–Trinajstić information content (AvgIpc) is 2.73. The molecule has 31 heavy (non-hydrogen) atoms. The number of benzene rings is 2. The summed E-state index contributed by atoms with van der Waals surface area (Å²) in [6, 6.07) is 9.79. The van der Waals surface area contributed by atoms with E-state index in [0.29, 0.717) is 5.69 Å². The quantitative estimate of drug-likeness (QED) is 0.675. The molecular weight excluding hydrogens is 438 g/mol. The second kappa shape index (κ2) is 9.23. The molecule has 0 unspecified atom stereocenters. The molecule has 1 heterocycles. The zero-order valence-corrected chi connectivity index (χ0v) is 17.2. The fraction of sp³-hybridized carbons (Fsp3) is 0.350. The maximum atomic E-state index is 12.9. The number of sulfonamides is 1. The highest BCUT2D eigenvalue weighted by atomic mass is 32.2. The molecule has 1 aliphatic heterocycles. The third kappa shape index (κ3) is 5.95. The first kappa shape index (κ1) is 23.0. The number of carbonyl (C=O) groups excluding carboxylic acids is 1. The Kier molecular flexibility index (Phi) is 6.85. The van der Waals surface area contributed by atoms with Gasteiger partial charge in [0.2, 0.25) is 10.0 Å². The van der Waals surface area contributed by atoms with Crippen LogP contribution in [0.4, 0.5) is 23.2 Å². The molecule has 0 bridgehead atoms. The lowest BCUT2D eigenvalue weighted by Crippen LogP contribution is -2.50. The average molecular weight is 459 g/mol. The van der Waals surface area contributed by atoms with Crippen LogP contribution in [0.25, 0.3) is 0 Å². The van der Waals surface area contributed by atoms with E-state index in [1.807, 2.05) is 0 Å². The van der Waals surface area contributed by atoms with Gasteiger partial charge in [-0.05, 0) is 42.5 Å². The van der Waals surface area contributed by atoms with E-state index in [1.54, 1.807) is 11.0 Å². The molecule has 1 fully saturated rings. The van der Waals surface area contributed by atoms with Crippen LogP contribution in [0, 0.1) is 5.82 Å². The summed E-state index contributed by atoms with van der Waals surface area (Å²) in [4.78, 5) is 13.7. The van der Waals surface area contributed by atoms with Crippen LogP contribution in [0.1, 0.15) is 15.9 Å². The Morgan fingerprint density at radius 1 is 1.00 bits per heavy atom. The zero-order valence-electron chi connectivity index (χ0n) is 16.4. The highest BCUT2D eigenvalue weighted by Gasteiger charge is 2.32. The molecule has 0 radical (unpaired) electrons. The maximum Gasteiger partial charge on any atom is 0.416 e. The van der Waals surface area contributed by atoms with E-state index < -0.39 is 33.5 Å². The van der Waals surface area contributed by atoms with E-state index in [9.17, 15) is 30.8 Å². The normalized spacial score (nSPS) is 15.7. The van der Waals surface area contributed by atoms with E-state index in [0.717, 1.165) is 24.3 Å². The zero-order chi connectivity index (χ0) is 22.6. The second-order valence-corrected chi connectivity index (χ2v) is 9.10. The Labute approximate surface area is 177 Å². The van der Waals surface area contributed by atoms with Gasteiger partial charge in [0.15, 0.2) is 0 Å². The van der Waals surface area contributed by atoms with E-state index in [-0.39, 0.29) is 44.0 Å². The monoisotopic (exact) mass is 459 g/mol. The highest BCUT2D eigenvalue weighted by molar-refractivity contribution is 7.89. The Hall–Kier alpha value is -2.66. The topological polar surface area (TPSA) is 69.7 Å². The number of alkyl halides is 3. The minimum Gasteiger partial charge on any atom is -0.369 e. The summed E-state index contributed by atoms with van der Waals surface area (Å²) < 4.78 is 77.9. The third-order valence-electron chi connectivity index (χ3n) is 4.92. The van der Waals surface area contributed by atoms with Crippen LogP contribution in [-0.2, 0) is 16.2 Å². The molecule has 0 spiro atoms. The third-order valence-corrected chi connectivity index (χ3v) is 6.79. The van der Waals surface area contributed by atoms with Crippen LogP contribution in [-0.4, -0.2) is 57.1 Å². The summed E-state index contributed by atoms with van der Waals surface area (Å²) in [5.41, 5.74) is -0.149. The summed E-state index contributed by atoms with van der Waals surface area (Å²) in [6.45, 7) is 0.645. The SMILES string of the molecule is O=C(NCCS(=O)(=O)N1CCN(c2cccc(C(F)(F)F)c2)CC1)c1ccc(F)cc1. The molecule has 11 heteroatoms. The molecule has 1 N–H and O–H groups in total. The van der Waals surface area contributed by atoms with Gasteiger partial charge in [0.25, 0.3) is 5.91 Å². The fourth-order valence-corrected chi connectivity index (χ4v) is 4.57. The van der Waals surface area contributed by atoms with Gasteiger partial charge >= 0.3 is 6.18 Å². The van der Waals surface area contributed by atoms with Crippen molar-refractivity contribution in [3.8, 4) is 0 Å². The van der Waals surface area contributed by atoms with Crippen molar-refractivity contribution in [1.29, 1.82) is 0 Å². The molecule has 6 nitrogen and oxygen atoms in total. The molecule has 1 saturated heterocycles. The van der Waals surface area contributed by atoms with Crippen molar-refractivity contribution < 1.29 is 30.8 Å². The Bertz CT molecular complexity index is 1020. The lowest BCUT2D eigenvalue weighted by molar-refractivity contribution is -0.137. The van der Waals surface area contributed by atoms with Crippen molar-refractivity contribution in [1.82, 2.24) is 9.62 Å². The number of hydrogen-bond donors (Lipinski definition) is 1. The number of anilines is 1. The standard InChI is InChI=1S/C20H21F4N3O3S/c21-17-6-4-15(5-7-17)19(28)25-8-13-31(29,30)27-11-9-26(10-12-27)18-3-1-2-16(14-18)20(22,23)24/h1-7,14H,8-13H2,(H,25,28). The predicted octanol–water partition coefficient (Wildman–Crippen LogP) is 2.73. The number of halogens is 4. The molecule has 0 aromatic heterocycles. The lowest BCUT2D eigenvalue weighted by atomic mass is 10.1. The Balaban J connectivity index is 1.51. The minimum absolute atomic E-state index is 0.119. The number of carbonyl (C=O) groups is 1. The number of rotatable bonds is 6. The van der Waals surface area contributed by atoms with Crippen LogP contribution >= 0.6 is 0 Å². The number of amides is 1. The van der Waals surface area contributed by atoms with Gasteiger partial charge in [0.05, 0.1) is 11.3 Å². The van der Waals surface area contributed by atoms with E-state index in [1.165, 1.54) is 22.5 Å². The Morgan fingerprint density at radius 3 is 2.26 bits per heavy atom. The van der Waals surface area contributed by atoms with Gasteiger partial charge in [0, 0.05) is 44.0 Å². The molecule has 2 aromatic carbocycles. The van der Waals surface area contributed by atoms with Crippen molar-refractivity contribution in [2.75, 3.05) is 43.4 Å². The number of nitrogens with one attached hydrogen (secondary N) is 1. The molecule has 0 atom stereocenters. The van der Waals surface area contributed by atoms with Gasteiger partial charge in [-0.2, -0.15) is 17.5 Å². The van der Waals surface area contributed by atoms with Crippen LogP contribution in [0.3, 0.4) is 0 Å². The molecule has 0 aliphatic carbocycles. The smallest absolute Gasteiger partial charge is 0.369 e. The Morgan fingerprint density at radius 2 is 1.65 bits per heavy atom. The molecule has 0 saturated carbocycles. The van der Waals surface area contributed by atoms with Gasteiger partial charge < -0.3 is 10.2 Å².